The highest BCUT2D eigenvalue weighted by atomic mass is 32.2. The molecule has 8 nitrogen and oxygen atoms in total. The van der Waals surface area contributed by atoms with Gasteiger partial charge in [0.2, 0.25) is 0 Å². The zero-order chi connectivity index (χ0) is 20.3. The van der Waals surface area contributed by atoms with E-state index in [9.17, 15) is 18.5 Å². The lowest BCUT2D eigenvalue weighted by Gasteiger charge is -2.13. The van der Waals surface area contributed by atoms with Crippen molar-refractivity contribution in [3.05, 3.63) is 64.0 Å². The van der Waals surface area contributed by atoms with E-state index in [0.717, 1.165) is 0 Å². The van der Waals surface area contributed by atoms with Gasteiger partial charge >= 0.3 is 10.1 Å². The Balaban J connectivity index is 2.04. The van der Waals surface area contributed by atoms with Crippen LogP contribution in [0.3, 0.4) is 0 Å². The van der Waals surface area contributed by atoms with Gasteiger partial charge in [-0.1, -0.05) is 6.07 Å². The summed E-state index contributed by atoms with van der Waals surface area (Å²) >= 11 is 1.31. The maximum absolute atomic E-state index is 12.8. The number of thiophene rings is 1. The predicted octanol–water partition coefficient (Wildman–Crippen LogP) is 4.11. The molecule has 0 saturated heterocycles. The van der Waals surface area contributed by atoms with Crippen LogP contribution in [0.4, 0.5) is 5.69 Å². The van der Waals surface area contributed by atoms with E-state index in [-0.39, 0.29) is 22.1 Å². The van der Waals surface area contributed by atoms with Crippen LogP contribution in [0.25, 0.3) is 10.4 Å². The lowest BCUT2D eigenvalue weighted by Crippen LogP contribution is -2.11. The molecule has 0 unspecified atom stereocenters. The molecule has 0 aliphatic rings. The summed E-state index contributed by atoms with van der Waals surface area (Å²) in [4.78, 5) is 11.0. The molecule has 0 aliphatic heterocycles. The van der Waals surface area contributed by atoms with E-state index in [2.05, 4.69) is 0 Å². The second-order valence-corrected chi connectivity index (χ2v) is 7.96. The Morgan fingerprint density at radius 3 is 2.29 bits per heavy atom. The third-order valence-electron chi connectivity index (χ3n) is 3.80. The molecule has 0 atom stereocenters. The van der Waals surface area contributed by atoms with Crippen molar-refractivity contribution in [1.29, 1.82) is 0 Å². The van der Waals surface area contributed by atoms with Crippen molar-refractivity contribution in [1.82, 2.24) is 0 Å². The number of hydrogen-bond donors (Lipinski definition) is 0. The van der Waals surface area contributed by atoms with Crippen LogP contribution in [0.5, 0.6) is 17.2 Å². The van der Waals surface area contributed by atoms with Crippen molar-refractivity contribution in [2.75, 3.05) is 14.2 Å². The zero-order valence-corrected chi connectivity index (χ0v) is 16.5. The van der Waals surface area contributed by atoms with Crippen LogP contribution in [0.1, 0.15) is 0 Å². The standard InChI is InChI=1S/C18H15NO7S2/c1-24-16-8-6-13(11-17(16)25-2)28(22,23)26-15-7-5-12(19(20)21)10-14(15)18-4-3-9-27-18/h3-11H,1-2H3. The predicted molar refractivity (Wildman–Crippen MR) is 104 cm³/mol. The summed E-state index contributed by atoms with van der Waals surface area (Å²) in [6.07, 6.45) is 0. The number of non-ortho nitro benzene ring substituents is 1. The lowest BCUT2D eigenvalue weighted by atomic mass is 10.1. The lowest BCUT2D eigenvalue weighted by molar-refractivity contribution is -0.384. The van der Waals surface area contributed by atoms with Gasteiger partial charge in [0, 0.05) is 28.6 Å². The molecule has 10 heteroatoms. The highest BCUT2D eigenvalue weighted by Crippen LogP contribution is 2.38. The highest BCUT2D eigenvalue weighted by molar-refractivity contribution is 7.87. The van der Waals surface area contributed by atoms with Crippen LogP contribution < -0.4 is 13.7 Å². The molecule has 0 radical (unpaired) electrons. The topological polar surface area (TPSA) is 105 Å². The minimum absolute atomic E-state index is 0.0113. The summed E-state index contributed by atoms with van der Waals surface area (Å²) in [5.74, 6) is 0.591. The van der Waals surface area contributed by atoms with E-state index >= 15 is 0 Å². The van der Waals surface area contributed by atoms with Gasteiger partial charge in [-0.2, -0.15) is 8.42 Å². The number of nitro benzene ring substituents is 1. The Labute approximate surface area is 165 Å². The molecule has 2 aromatic carbocycles. The number of nitro groups is 1. The van der Waals surface area contributed by atoms with Crippen molar-refractivity contribution in [2.24, 2.45) is 0 Å². The molecule has 0 N–H and O–H groups in total. The summed E-state index contributed by atoms with van der Waals surface area (Å²) < 4.78 is 41.1. The van der Waals surface area contributed by atoms with Crippen LogP contribution in [-0.4, -0.2) is 27.6 Å². The number of nitrogens with zero attached hydrogens (tertiary/aromatic N) is 1. The molecule has 0 amide bonds. The van der Waals surface area contributed by atoms with Gasteiger partial charge in [-0.25, -0.2) is 0 Å². The zero-order valence-electron chi connectivity index (χ0n) is 14.8. The first-order valence-electron chi connectivity index (χ1n) is 7.84. The summed E-state index contributed by atoms with van der Waals surface area (Å²) in [6.45, 7) is 0. The van der Waals surface area contributed by atoms with Gasteiger partial charge in [-0.15, -0.1) is 11.3 Å². The highest BCUT2D eigenvalue weighted by Gasteiger charge is 2.23. The van der Waals surface area contributed by atoms with E-state index in [1.54, 1.807) is 17.5 Å². The summed E-state index contributed by atoms with van der Waals surface area (Å²) in [5.41, 5.74) is 0.146. The van der Waals surface area contributed by atoms with Crippen molar-refractivity contribution in [3.63, 3.8) is 0 Å². The first-order chi connectivity index (χ1) is 13.4. The van der Waals surface area contributed by atoms with E-state index in [0.29, 0.717) is 16.2 Å². The van der Waals surface area contributed by atoms with E-state index in [4.69, 9.17) is 13.7 Å². The number of benzene rings is 2. The molecule has 3 aromatic rings. The van der Waals surface area contributed by atoms with Crippen molar-refractivity contribution < 1.29 is 27.0 Å². The van der Waals surface area contributed by atoms with Crippen molar-refractivity contribution >= 4 is 27.1 Å². The van der Waals surface area contributed by atoms with Crippen LogP contribution in [0.15, 0.2) is 58.8 Å². The Morgan fingerprint density at radius 1 is 0.964 bits per heavy atom. The summed E-state index contributed by atoms with van der Waals surface area (Å²) in [6, 6.07) is 11.3. The van der Waals surface area contributed by atoms with Crippen molar-refractivity contribution in [3.8, 4) is 27.7 Å². The normalized spacial score (nSPS) is 11.1. The maximum atomic E-state index is 12.8. The van der Waals surface area contributed by atoms with Crippen LogP contribution in [0.2, 0.25) is 0 Å². The average Bonchev–Trinajstić information content (AvgIpc) is 3.21. The van der Waals surface area contributed by atoms with Gasteiger partial charge in [-0.05, 0) is 29.6 Å². The molecule has 3 rings (SSSR count). The van der Waals surface area contributed by atoms with Crippen LogP contribution >= 0.6 is 11.3 Å². The first-order valence-corrected chi connectivity index (χ1v) is 10.1. The Morgan fingerprint density at radius 2 is 1.68 bits per heavy atom. The Kier molecular flexibility index (Phi) is 5.52. The molecule has 0 fully saturated rings. The molecule has 0 saturated carbocycles. The SMILES string of the molecule is COc1ccc(S(=O)(=O)Oc2ccc([N+](=O)[O-])cc2-c2cccs2)cc1OC. The fourth-order valence-electron chi connectivity index (χ4n) is 2.47. The smallest absolute Gasteiger partial charge is 0.339 e. The molecule has 1 aromatic heterocycles. The summed E-state index contributed by atoms with van der Waals surface area (Å²) in [5, 5.41) is 12.9. The molecule has 28 heavy (non-hydrogen) atoms. The molecule has 0 aliphatic carbocycles. The van der Waals surface area contributed by atoms with Gasteiger partial charge in [0.15, 0.2) is 17.2 Å². The largest absolute Gasteiger partial charge is 0.493 e. The fraction of sp³-hybridized carbons (Fsp3) is 0.111. The minimum atomic E-state index is -4.22. The quantitative estimate of drug-likeness (QED) is 0.321. The fourth-order valence-corrected chi connectivity index (χ4v) is 4.18. The average molecular weight is 421 g/mol. The van der Waals surface area contributed by atoms with E-state index in [1.165, 1.54) is 62.0 Å². The molecule has 0 spiro atoms. The molecule has 146 valence electrons. The first kappa shape index (κ1) is 19.6. The van der Waals surface area contributed by atoms with Crippen LogP contribution in [0, 0.1) is 10.1 Å². The molecular formula is C18H15NO7S2. The number of methoxy groups -OCH3 is 2. The minimum Gasteiger partial charge on any atom is -0.493 e. The van der Waals surface area contributed by atoms with Gasteiger partial charge < -0.3 is 13.7 Å². The number of ether oxygens (including phenoxy) is 2. The summed E-state index contributed by atoms with van der Waals surface area (Å²) in [7, 11) is -1.39. The molecular weight excluding hydrogens is 406 g/mol. The van der Waals surface area contributed by atoms with Gasteiger partial charge in [-0.3, -0.25) is 10.1 Å². The van der Waals surface area contributed by atoms with E-state index < -0.39 is 15.0 Å². The second kappa shape index (κ2) is 7.87. The Hall–Kier alpha value is -3.11. The van der Waals surface area contributed by atoms with Crippen LogP contribution in [-0.2, 0) is 10.1 Å². The van der Waals surface area contributed by atoms with Crippen molar-refractivity contribution in [2.45, 2.75) is 4.90 Å². The van der Waals surface area contributed by atoms with Gasteiger partial charge in [0.1, 0.15) is 4.90 Å². The van der Waals surface area contributed by atoms with E-state index in [1.807, 2.05) is 0 Å². The Bertz CT molecular complexity index is 1110. The van der Waals surface area contributed by atoms with Gasteiger partial charge in [0.05, 0.1) is 19.1 Å². The second-order valence-electron chi connectivity index (χ2n) is 5.47. The number of rotatable bonds is 7. The number of hydrogen-bond acceptors (Lipinski definition) is 8. The third-order valence-corrected chi connectivity index (χ3v) is 5.94. The maximum Gasteiger partial charge on any atom is 0.339 e. The molecule has 1 heterocycles. The third kappa shape index (κ3) is 3.92. The monoisotopic (exact) mass is 421 g/mol. The van der Waals surface area contributed by atoms with Gasteiger partial charge in [0.25, 0.3) is 5.69 Å². The molecule has 0 bridgehead atoms.